The van der Waals surface area contributed by atoms with Crippen LogP contribution in [0.25, 0.3) is 11.5 Å². The molecule has 0 amide bonds. The van der Waals surface area contributed by atoms with Crippen molar-refractivity contribution in [2.75, 3.05) is 0 Å². The number of non-ortho nitro benzene ring substituents is 1. The zero-order valence-corrected chi connectivity index (χ0v) is 11.6. The van der Waals surface area contributed by atoms with E-state index in [2.05, 4.69) is 15.5 Å². The predicted octanol–water partition coefficient (Wildman–Crippen LogP) is 2.45. The highest BCUT2D eigenvalue weighted by atomic mass is 16.6. The lowest BCUT2D eigenvalue weighted by molar-refractivity contribution is -0.384. The maximum atomic E-state index is 10.8. The highest BCUT2D eigenvalue weighted by Crippen LogP contribution is 2.26. The first-order valence-electron chi connectivity index (χ1n) is 6.28. The molecule has 0 unspecified atom stereocenters. The molecule has 0 radical (unpaired) electrons. The average molecular weight is 276 g/mol. The van der Waals surface area contributed by atoms with Crippen LogP contribution < -0.4 is 5.32 Å². The number of hydrogen-bond donors (Lipinski definition) is 1. The van der Waals surface area contributed by atoms with E-state index < -0.39 is 4.92 Å². The number of nitrogens with one attached hydrogen (secondary N) is 1. The quantitative estimate of drug-likeness (QED) is 0.665. The van der Waals surface area contributed by atoms with E-state index in [1.165, 1.54) is 12.1 Å². The SMILES string of the molecule is Cc1ccc([N+](=O)[O-])cc1-c1nnc(CNC(C)C)o1. The van der Waals surface area contributed by atoms with Gasteiger partial charge < -0.3 is 9.73 Å². The van der Waals surface area contributed by atoms with Crippen molar-refractivity contribution in [3.05, 3.63) is 39.8 Å². The molecule has 2 rings (SSSR count). The molecule has 0 aliphatic heterocycles. The Bertz CT molecular complexity index is 622. The summed E-state index contributed by atoms with van der Waals surface area (Å²) in [5.41, 5.74) is 1.44. The van der Waals surface area contributed by atoms with Crippen molar-refractivity contribution in [2.45, 2.75) is 33.4 Å². The lowest BCUT2D eigenvalue weighted by Crippen LogP contribution is -2.21. The summed E-state index contributed by atoms with van der Waals surface area (Å²) in [5.74, 6) is 0.756. The van der Waals surface area contributed by atoms with E-state index >= 15 is 0 Å². The second-order valence-electron chi connectivity index (χ2n) is 4.79. The minimum absolute atomic E-state index is 0.00524. The maximum absolute atomic E-state index is 10.8. The first kappa shape index (κ1) is 14.1. The van der Waals surface area contributed by atoms with Gasteiger partial charge in [0.05, 0.1) is 11.5 Å². The Kier molecular flexibility index (Phi) is 4.09. The Labute approximate surface area is 116 Å². The van der Waals surface area contributed by atoms with E-state index in [4.69, 9.17) is 4.42 Å². The van der Waals surface area contributed by atoms with E-state index in [1.54, 1.807) is 6.07 Å². The van der Waals surface area contributed by atoms with E-state index in [0.717, 1.165) is 5.56 Å². The van der Waals surface area contributed by atoms with Gasteiger partial charge in [0.15, 0.2) is 0 Å². The fraction of sp³-hybridized carbons (Fsp3) is 0.385. The molecule has 7 heteroatoms. The molecule has 106 valence electrons. The number of nitro benzene ring substituents is 1. The fourth-order valence-electron chi connectivity index (χ4n) is 1.68. The van der Waals surface area contributed by atoms with Crippen molar-refractivity contribution in [3.8, 4) is 11.5 Å². The van der Waals surface area contributed by atoms with Crippen molar-refractivity contribution in [1.82, 2.24) is 15.5 Å². The number of benzene rings is 1. The molecule has 1 aromatic heterocycles. The third-order valence-electron chi connectivity index (χ3n) is 2.79. The lowest BCUT2D eigenvalue weighted by atomic mass is 10.1. The minimum atomic E-state index is -0.444. The molecule has 1 heterocycles. The third kappa shape index (κ3) is 3.18. The number of aromatic nitrogens is 2. The highest BCUT2D eigenvalue weighted by molar-refractivity contribution is 5.62. The normalized spacial score (nSPS) is 11.0. The molecule has 0 aliphatic carbocycles. The van der Waals surface area contributed by atoms with Gasteiger partial charge in [-0.05, 0) is 12.5 Å². The van der Waals surface area contributed by atoms with Gasteiger partial charge in [0, 0.05) is 23.7 Å². The molecule has 0 saturated carbocycles. The standard InChI is InChI=1S/C13H16N4O3/c1-8(2)14-7-12-15-16-13(20-12)11-6-10(17(18)19)5-4-9(11)3/h4-6,8,14H,7H2,1-3H3. The number of rotatable bonds is 5. The monoisotopic (exact) mass is 276 g/mol. The Morgan fingerprint density at radius 3 is 2.80 bits per heavy atom. The van der Waals surface area contributed by atoms with Gasteiger partial charge in [0.1, 0.15) is 0 Å². The van der Waals surface area contributed by atoms with Crippen LogP contribution in [-0.4, -0.2) is 21.2 Å². The van der Waals surface area contributed by atoms with Crippen molar-refractivity contribution in [1.29, 1.82) is 0 Å². The van der Waals surface area contributed by atoms with E-state index in [0.29, 0.717) is 29.9 Å². The Hall–Kier alpha value is -2.28. The molecule has 7 nitrogen and oxygen atoms in total. The number of nitrogens with zero attached hydrogens (tertiary/aromatic N) is 3. The first-order chi connectivity index (χ1) is 9.47. The van der Waals surface area contributed by atoms with Gasteiger partial charge in [-0.25, -0.2) is 0 Å². The van der Waals surface area contributed by atoms with E-state index in [1.807, 2.05) is 20.8 Å². The molecule has 1 aromatic carbocycles. The topological polar surface area (TPSA) is 94.1 Å². The van der Waals surface area contributed by atoms with Crippen molar-refractivity contribution >= 4 is 5.69 Å². The zero-order valence-electron chi connectivity index (χ0n) is 11.6. The maximum Gasteiger partial charge on any atom is 0.270 e. The van der Waals surface area contributed by atoms with Gasteiger partial charge in [-0.15, -0.1) is 10.2 Å². The summed E-state index contributed by atoms with van der Waals surface area (Å²) in [6.45, 7) is 6.35. The predicted molar refractivity (Wildman–Crippen MR) is 73.1 cm³/mol. The van der Waals surface area contributed by atoms with Crippen LogP contribution >= 0.6 is 0 Å². The molecule has 0 bridgehead atoms. The summed E-state index contributed by atoms with van der Waals surface area (Å²) in [6.07, 6.45) is 0. The van der Waals surface area contributed by atoms with Crippen molar-refractivity contribution in [2.24, 2.45) is 0 Å². The molecule has 0 fully saturated rings. The molecule has 1 N–H and O–H groups in total. The third-order valence-corrected chi connectivity index (χ3v) is 2.79. The molecule has 0 spiro atoms. The molecule has 20 heavy (non-hydrogen) atoms. The second-order valence-corrected chi connectivity index (χ2v) is 4.79. The Balaban J connectivity index is 2.27. The van der Waals surface area contributed by atoms with Crippen LogP contribution in [0.5, 0.6) is 0 Å². The largest absolute Gasteiger partial charge is 0.419 e. The molecule has 0 atom stereocenters. The molecular formula is C13H16N4O3. The summed E-state index contributed by atoms with van der Waals surface area (Å²) in [7, 11) is 0. The molecule has 2 aromatic rings. The summed E-state index contributed by atoms with van der Waals surface area (Å²) >= 11 is 0. The number of nitro groups is 1. The smallest absolute Gasteiger partial charge is 0.270 e. The van der Waals surface area contributed by atoms with Crippen LogP contribution in [0.1, 0.15) is 25.3 Å². The highest BCUT2D eigenvalue weighted by Gasteiger charge is 2.15. The first-order valence-corrected chi connectivity index (χ1v) is 6.28. The zero-order chi connectivity index (χ0) is 14.7. The number of hydrogen-bond acceptors (Lipinski definition) is 6. The second kappa shape index (κ2) is 5.79. The van der Waals surface area contributed by atoms with Crippen LogP contribution in [0, 0.1) is 17.0 Å². The Morgan fingerprint density at radius 1 is 1.40 bits per heavy atom. The van der Waals surface area contributed by atoms with Gasteiger partial charge in [-0.1, -0.05) is 19.9 Å². The summed E-state index contributed by atoms with van der Waals surface area (Å²) in [6, 6.07) is 4.88. The fourth-order valence-corrected chi connectivity index (χ4v) is 1.68. The van der Waals surface area contributed by atoms with Gasteiger partial charge in [-0.3, -0.25) is 10.1 Å². The van der Waals surface area contributed by atoms with Gasteiger partial charge in [-0.2, -0.15) is 0 Å². The van der Waals surface area contributed by atoms with Gasteiger partial charge in [0.25, 0.3) is 5.69 Å². The van der Waals surface area contributed by atoms with Crippen LogP contribution in [0.15, 0.2) is 22.6 Å². The Morgan fingerprint density at radius 2 is 2.15 bits per heavy atom. The van der Waals surface area contributed by atoms with Crippen molar-refractivity contribution < 1.29 is 9.34 Å². The summed E-state index contributed by atoms with van der Waals surface area (Å²) in [5, 5.41) is 21.9. The van der Waals surface area contributed by atoms with E-state index in [-0.39, 0.29) is 5.69 Å². The van der Waals surface area contributed by atoms with E-state index in [9.17, 15) is 10.1 Å². The van der Waals surface area contributed by atoms with Crippen LogP contribution in [0.3, 0.4) is 0 Å². The summed E-state index contributed by atoms with van der Waals surface area (Å²) < 4.78 is 5.53. The molecule has 0 saturated heterocycles. The van der Waals surface area contributed by atoms with Gasteiger partial charge in [0.2, 0.25) is 11.8 Å². The number of aryl methyl sites for hydroxylation is 1. The van der Waals surface area contributed by atoms with Gasteiger partial charge >= 0.3 is 0 Å². The van der Waals surface area contributed by atoms with Crippen LogP contribution in [0.2, 0.25) is 0 Å². The summed E-state index contributed by atoms with van der Waals surface area (Å²) in [4.78, 5) is 10.4. The molecular weight excluding hydrogens is 260 g/mol. The molecule has 0 aliphatic rings. The minimum Gasteiger partial charge on any atom is -0.419 e. The van der Waals surface area contributed by atoms with Crippen LogP contribution in [-0.2, 0) is 6.54 Å². The average Bonchev–Trinajstić information content (AvgIpc) is 2.85. The lowest BCUT2D eigenvalue weighted by Gasteiger charge is -2.03. The van der Waals surface area contributed by atoms with Crippen LogP contribution in [0.4, 0.5) is 5.69 Å². The van der Waals surface area contributed by atoms with Crippen molar-refractivity contribution in [3.63, 3.8) is 0 Å².